The van der Waals surface area contributed by atoms with Crippen LogP contribution >= 0.6 is 24.0 Å². The molecule has 3 rings (SSSR count). The number of aliphatic imine (C=N–C) groups is 1. The largest absolute Gasteiger partial charge is 0.364 e. The van der Waals surface area contributed by atoms with Crippen LogP contribution in [0.2, 0.25) is 0 Å². The summed E-state index contributed by atoms with van der Waals surface area (Å²) in [5.74, 6) is 0.983. The summed E-state index contributed by atoms with van der Waals surface area (Å²) in [4.78, 5) is 9.11. The van der Waals surface area contributed by atoms with Gasteiger partial charge in [0.15, 0.2) is 5.96 Å². The Morgan fingerprint density at radius 3 is 2.80 bits per heavy atom. The maximum Gasteiger partial charge on any atom is 0.193 e. The van der Waals surface area contributed by atoms with Crippen molar-refractivity contribution in [2.75, 3.05) is 39.8 Å². The summed E-state index contributed by atoms with van der Waals surface area (Å²) in [7, 11) is 1.84. The fourth-order valence-electron chi connectivity index (χ4n) is 2.87. The highest BCUT2D eigenvalue weighted by atomic mass is 127. The van der Waals surface area contributed by atoms with Crippen molar-refractivity contribution in [1.82, 2.24) is 30.1 Å². The van der Waals surface area contributed by atoms with Gasteiger partial charge >= 0.3 is 0 Å². The van der Waals surface area contributed by atoms with Gasteiger partial charge in [-0.3, -0.25) is 14.6 Å². The second-order valence-corrected chi connectivity index (χ2v) is 5.85. The van der Waals surface area contributed by atoms with Gasteiger partial charge in [-0.2, -0.15) is 5.10 Å². The molecule has 1 saturated heterocycles. The topological polar surface area (TPSA) is 74.7 Å². The summed E-state index contributed by atoms with van der Waals surface area (Å²) in [5, 5.41) is 11.6. The standard InChI is InChI=1S/C16H25N7O.HI/c1-17-16(18-5-2-7-23-8-3-6-19-23)22-11-9-21(10-12-22)14-15-4-13-24-20-15;/h3-4,6,8,13H,2,5,7,9-12,14H2,1H3,(H,17,18);1H. The van der Waals surface area contributed by atoms with Crippen LogP contribution in [0, 0.1) is 0 Å². The van der Waals surface area contributed by atoms with E-state index in [0.717, 1.165) is 63.9 Å². The molecule has 3 heterocycles. The lowest BCUT2D eigenvalue weighted by Crippen LogP contribution is -2.52. The Morgan fingerprint density at radius 1 is 1.32 bits per heavy atom. The zero-order valence-corrected chi connectivity index (χ0v) is 16.9. The summed E-state index contributed by atoms with van der Waals surface area (Å²) in [6.07, 6.45) is 6.45. The molecule has 0 aliphatic carbocycles. The van der Waals surface area contributed by atoms with Gasteiger partial charge in [-0.05, 0) is 12.5 Å². The van der Waals surface area contributed by atoms with E-state index in [1.807, 2.05) is 36.3 Å². The molecule has 1 fully saturated rings. The van der Waals surface area contributed by atoms with Gasteiger partial charge in [0, 0.05) is 71.3 Å². The number of guanidine groups is 1. The fourth-order valence-corrected chi connectivity index (χ4v) is 2.87. The number of hydrogen-bond donors (Lipinski definition) is 1. The van der Waals surface area contributed by atoms with Crippen molar-refractivity contribution in [3.05, 3.63) is 36.5 Å². The third-order valence-corrected chi connectivity index (χ3v) is 4.17. The number of hydrogen-bond acceptors (Lipinski definition) is 5. The summed E-state index contributed by atoms with van der Waals surface area (Å²) >= 11 is 0. The number of halogens is 1. The van der Waals surface area contributed by atoms with Gasteiger partial charge in [-0.1, -0.05) is 5.16 Å². The van der Waals surface area contributed by atoms with Crippen LogP contribution in [0.5, 0.6) is 0 Å². The van der Waals surface area contributed by atoms with Crippen LogP contribution in [0.4, 0.5) is 0 Å². The fraction of sp³-hybridized carbons (Fsp3) is 0.562. The van der Waals surface area contributed by atoms with E-state index in [0.29, 0.717) is 0 Å². The maximum atomic E-state index is 4.89. The van der Waals surface area contributed by atoms with Crippen molar-refractivity contribution in [3.63, 3.8) is 0 Å². The molecule has 0 radical (unpaired) electrons. The molecule has 8 nitrogen and oxygen atoms in total. The van der Waals surface area contributed by atoms with Gasteiger partial charge in [0.2, 0.25) is 0 Å². The van der Waals surface area contributed by atoms with Crippen molar-refractivity contribution in [2.24, 2.45) is 4.99 Å². The molecule has 0 saturated carbocycles. The molecule has 9 heteroatoms. The zero-order valence-electron chi connectivity index (χ0n) is 14.5. The SMILES string of the molecule is CN=C(NCCCn1cccn1)N1CCN(Cc2ccon2)CC1.I. The van der Waals surface area contributed by atoms with Gasteiger partial charge in [0.1, 0.15) is 6.26 Å². The first-order chi connectivity index (χ1) is 11.8. The lowest BCUT2D eigenvalue weighted by Gasteiger charge is -2.36. The monoisotopic (exact) mass is 459 g/mol. The normalized spacial score (nSPS) is 15.9. The molecule has 0 atom stereocenters. The van der Waals surface area contributed by atoms with Crippen LogP contribution in [-0.2, 0) is 13.1 Å². The Hall–Kier alpha value is -1.62. The Kier molecular flexibility index (Phi) is 8.19. The van der Waals surface area contributed by atoms with Crippen LogP contribution in [0.3, 0.4) is 0 Å². The molecule has 0 aromatic carbocycles. The van der Waals surface area contributed by atoms with E-state index in [2.05, 4.69) is 30.4 Å². The predicted molar refractivity (Wildman–Crippen MR) is 107 cm³/mol. The van der Waals surface area contributed by atoms with Crippen LogP contribution in [0.15, 0.2) is 40.3 Å². The first-order valence-corrected chi connectivity index (χ1v) is 8.40. The number of aromatic nitrogens is 3. The molecule has 1 aliphatic heterocycles. The first kappa shape index (κ1) is 19.7. The van der Waals surface area contributed by atoms with Crippen molar-refractivity contribution in [2.45, 2.75) is 19.5 Å². The number of piperazine rings is 1. The third kappa shape index (κ3) is 5.99. The Labute approximate surface area is 165 Å². The third-order valence-electron chi connectivity index (χ3n) is 4.17. The van der Waals surface area contributed by atoms with Gasteiger partial charge in [0.05, 0.1) is 5.69 Å². The molecule has 2 aromatic heterocycles. The lowest BCUT2D eigenvalue weighted by molar-refractivity contribution is 0.169. The second kappa shape index (κ2) is 10.4. The van der Waals surface area contributed by atoms with Gasteiger partial charge in [0.25, 0.3) is 0 Å². The van der Waals surface area contributed by atoms with E-state index in [1.165, 1.54) is 0 Å². The van der Waals surface area contributed by atoms with Crippen LogP contribution in [0.1, 0.15) is 12.1 Å². The molecule has 1 aliphatic rings. The molecule has 2 aromatic rings. The van der Waals surface area contributed by atoms with Crippen LogP contribution < -0.4 is 5.32 Å². The zero-order chi connectivity index (χ0) is 16.6. The molecular formula is C16H26IN7O. The molecule has 25 heavy (non-hydrogen) atoms. The van der Waals surface area contributed by atoms with Crippen molar-refractivity contribution in [3.8, 4) is 0 Å². The maximum absolute atomic E-state index is 4.89. The molecule has 0 bridgehead atoms. The van der Waals surface area contributed by atoms with E-state index in [1.54, 1.807) is 6.26 Å². The van der Waals surface area contributed by atoms with E-state index in [-0.39, 0.29) is 24.0 Å². The van der Waals surface area contributed by atoms with Crippen molar-refractivity contribution >= 4 is 29.9 Å². The first-order valence-electron chi connectivity index (χ1n) is 8.40. The average molecular weight is 459 g/mol. The minimum absolute atomic E-state index is 0. The summed E-state index contributed by atoms with van der Waals surface area (Å²) in [6.45, 7) is 6.60. The van der Waals surface area contributed by atoms with Crippen LogP contribution in [0.25, 0.3) is 0 Å². The highest BCUT2D eigenvalue weighted by molar-refractivity contribution is 14.0. The number of nitrogens with one attached hydrogen (secondary N) is 1. The Balaban J connectivity index is 0.00000225. The smallest absolute Gasteiger partial charge is 0.193 e. The van der Waals surface area contributed by atoms with E-state index >= 15 is 0 Å². The number of rotatable bonds is 6. The summed E-state index contributed by atoms with van der Waals surface area (Å²) in [6, 6.07) is 3.87. The van der Waals surface area contributed by atoms with Crippen molar-refractivity contribution in [1.29, 1.82) is 0 Å². The highest BCUT2D eigenvalue weighted by Gasteiger charge is 2.20. The van der Waals surface area contributed by atoms with Gasteiger partial charge < -0.3 is 14.7 Å². The van der Waals surface area contributed by atoms with Crippen molar-refractivity contribution < 1.29 is 4.52 Å². The van der Waals surface area contributed by atoms with Crippen LogP contribution in [-0.4, -0.2) is 70.5 Å². The molecule has 138 valence electrons. The number of aryl methyl sites for hydroxylation is 1. The lowest BCUT2D eigenvalue weighted by atomic mass is 10.3. The molecule has 1 N–H and O–H groups in total. The average Bonchev–Trinajstić information content (AvgIpc) is 3.30. The quantitative estimate of drug-likeness (QED) is 0.304. The summed E-state index contributed by atoms with van der Waals surface area (Å²) < 4.78 is 6.84. The second-order valence-electron chi connectivity index (χ2n) is 5.85. The van der Waals surface area contributed by atoms with E-state index < -0.39 is 0 Å². The molecule has 0 unspecified atom stereocenters. The Bertz CT molecular complexity index is 606. The molecular weight excluding hydrogens is 433 g/mol. The minimum atomic E-state index is 0. The molecule has 0 amide bonds. The van der Waals surface area contributed by atoms with E-state index in [4.69, 9.17) is 4.52 Å². The number of nitrogens with zero attached hydrogens (tertiary/aromatic N) is 6. The van der Waals surface area contributed by atoms with E-state index in [9.17, 15) is 0 Å². The van der Waals surface area contributed by atoms with Gasteiger partial charge in [-0.15, -0.1) is 24.0 Å². The summed E-state index contributed by atoms with van der Waals surface area (Å²) in [5.41, 5.74) is 0.990. The molecule has 0 spiro atoms. The van der Waals surface area contributed by atoms with Gasteiger partial charge in [-0.25, -0.2) is 0 Å². The predicted octanol–water partition coefficient (Wildman–Crippen LogP) is 1.27. The minimum Gasteiger partial charge on any atom is -0.364 e. The highest BCUT2D eigenvalue weighted by Crippen LogP contribution is 2.07. The Morgan fingerprint density at radius 2 is 2.16 bits per heavy atom.